The van der Waals surface area contributed by atoms with Gasteiger partial charge in [-0.25, -0.2) is 4.68 Å². The highest BCUT2D eigenvalue weighted by Gasteiger charge is 2.23. The van der Waals surface area contributed by atoms with Gasteiger partial charge in [0.25, 0.3) is 0 Å². The molecular weight excluding hydrogens is 338 g/mol. The predicted octanol–water partition coefficient (Wildman–Crippen LogP) is 4.58. The van der Waals surface area contributed by atoms with Crippen LogP contribution in [-0.4, -0.2) is 16.3 Å². The number of hydrogen-bond donors (Lipinski definition) is 1. The normalized spacial score (nSPS) is 13.0. The molecule has 1 aromatic heterocycles. The van der Waals surface area contributed by atoms with Crippen molar-refractivity contribution in [2.75, 3.05) is 11.9 Å². The van der Waals surface area contributed by atoms with Crippen LogP contribution in [0.4, 0.5) is 5.82 Å². The molecule has 0 amide bonds. The summed E-state index contributed by atoms with van der Waals surface area (Å²) in [6.45, 7) is 3.09. The molecule has 0 aliphatic carbocycles. The van der Waals surface area contributed by atoms with Gasteiger partial charge in [-0.3, -0.25) is 0 Å². The largest absolute Gasteiger partial charge is 0.369 e. The summed E-state index contributed by atoms with van der Waals surface area (Å²) < 4.78 is 3.10. The van der Waals surface area contributed by atoms with E-state index in [0.717, 1.165) is 34.6 Å². The first-order valence-corrected chi connectivity index (χ1v) is 8.20. The molecule has 1 aliphatic heterocycles. The molecule has 0 unspecified atom stereocenters. The quantitative estimate of drug-likeness (QED) is 0.730. The van der Waals surface area contributed by atoms with E-state index in [1.807, 2.05) is 16.8 Å². The van der Waals surface area contributed by atoms with E-state index >= 15 is 0 Å². The summed E-state index contributed by atoms with van der Waals surface area (Å²) in [5.74, 6) is 1.12. The lowest BCUT2D eigenvalue weighted by Crippen LogP contribution is -2.04. The first-order chi connectivity index (χ1) is 10.7. The Hall–Kier alpha value is -2.07. The fourth-order valence-electron chi connectivity index (χ4n) is 2.97. The zero-order valence-electron chi connectivity index (χ0n) is 12.3. The van der Waals surface area contributed by atoms with Crippen LogP contribution < -0.4 is 5.32 Å². The standard InChI is InChI=1S/C18H16BrN3/c1-12-3-2-4-13(11-12)17-16-9-10-20-18(16)22(21-17)15-7-5-14(19)6-8-15/h2-8,11,20H,9-10H2,1H3. The molecule has 1 aliphatic rings. The van der Waals surface area contributed by atoms with Gasteiger partial charge in [0.2, 0.25) is 0 Å². The van der Waals surface area contributed by atoms with Crippen LogP contribution in [0.2, 0.25) is 0 Å². The molecule has 22 heavy (non-hydrogen) atoms. The Balaban J connectivity index is 1.88. The van der Waals surface area contributed by atoms with Crippen LogP contribution in [0.5, 0.6) is 0 Å². The van der Waals surface area contributed by atoms with Crippen molar-refractivity contribution in [3.8, 4) is 16.9 Å². The second kappa shape index (κ2) is 5.29. The molecule has 1 N–H and O–H groups in total. The van der Waals surface area contributed by atoms with E-state index in [2.05, 4.69) is 64.6 Å². The van der Waals surface area contributed by atoms with Gasteiger partial charge in [-0.2, -0.15) is 5.10 Å². The number of nitrogens with zero attached hydrogens (tertiary/aromatic N) is 2. The van der Waals surface area contributed by atoms with Crippen molar-refractivity contribution in [2.45, 2.75) is 13.3 Å². The van der Waals surface area contributed by atoms with Crippen molar-refractivity contribution in [2.24, 2.45) is 0 Å². The van der Waals surface area contributed by atoms with Crippen molar-refractivity contribution in [3.63, 3.8) is 0 Å². The molecule has 3 nitrogen and oxygen atoms in total. The third kappa shape index (κ3) is 2.24. The maximum atomic E-state index is 4.88. The molecular formula is C18H16BrN3. The molecule has 4 heteroatoms. The fourth-order valence-corrected chi connectivity index (χ4v) is 3.23. The summed E-state index contributed by atoms with van der Waals surface area (Å²) >= 11 is 3.48. The third-order valence-corrected chi connectivity index (χ3v) is 4.54. The summed E-state index contributed by atoms with van der Waals surface area (Å²) in [6, 6.07) is 16.8. The van der Waals surface area contributed by atoms with Crippen LogP contribution in [-0.2, 0) is 6.42 Å². The first-order valence-electron chi connectivity index (χ1n) is 7.41. The van der Waals surface area contributed by atoms with Gasteiger partial charge in [0.1, 0.15) is 5.82 Å². The summed E-state index contributed by atoms with van der Waals surface area (Å²) in [6.07, 6.45) is 1.02. The number of aromatic nitrogens is 2. The van der Waals surface area contributed by atoms with Gasteiger partial charge in [-0.15, -0.1) is 0 Å². The summed E-state index contributed by atoms with van der Waals surface area (Å²) in [5.41, 5.74) is 5.93. The fraction of sp³-hybridized carbons (Fsp3) is 0.167. The molecule has 0 bridgehead atoms. The van der Waals surface area contributed by atoms with Gasteiger partial charge < -0.3 is 5.32 Å². The molecule has 110 valence electrons. The zero-order valence-corrected chi connectivity index (χ0v) is 13.9. The number of fused-ring (bicyclic) bond motifs is 1. The van der Waals surface area contributed by atoms with Crippen molar-refractivity contribution in [3.05, 3.63) is 64.1 Å². The van der Waals surface area contributed by atoms with E-state index in [9.17, 15) is 0 Å². The highest BCUT2D eigenvalue weighted by molar-refractivity contribution is 9.10. The van der Waals surface area contributed by atoms with Crippen LogP contribution in [0.1, 0.15) is 11.1 Å². The number of hydrogen-bond acceptors (Lipinski definition) is 2. The van der Waals surface area contributed by atoms with Crippen molar-refractivity contribution in [1.29, 1.82) is 0 Å². The van der Waals surface area contributed by atoms with Gasteiger partial charge >= 0.3 is 0 Å². The maximum absolute atomic E-state index is 4.88. The lowest BCUT2D eigenvalue weighted by Gasteiger charge is -2.06. The summed E-state index contributed by atoms with van der Waals surface area (Å²) in [7, 11) is 0. The van der Waals surface area contributed by atoms with Crippen molar-refractivity contribution in [1.82, 2.24) is 9.78 Å². The van der Waals surface area contributed by atoms with Crippen LogP contribution in [0, 0.1) is 6.92 Å². The second-order valence-electron chi connectivity index (χ2n) is 5.61. The van der Waals surface area contributed by atoms with Crippen LogP contribution in [0.25, 0.3) is 16.9 Å². The van der Waals surface area contributed by atoms with Crippen molar-refractivity contribution >= 4 is 21.7 Å². The molecule has 0 fully saturated rings. The molecule has 2 heterocycles. The Morgan fingerprint density at radius 3 is 2.73 bits per heavy atom. The maximum Gasteiger partial charge on any atom is 0.133 e. The number of nitrogens with one attached hydrogen (secondary N) is 1. The lowest BCUT2D eigenvalue weighted by atomic mass is 10.0. The molecule has 0 saturated carbocycles. The average Bonchev–Trinajstić information content (AvgIpc) is 3.10. The molecule has 3 aromatic rings. The summed E-state index contributed by atoms with van der Waals surface area (Å²) in [5, 5.41) is 8.36. The van der Waals surface area contributed by atoms with Crippen LogP contribution in [0.3, 0.4) is 0 Å². The number of benzene rings is 2. The highest BCUT2D eigenvalue weighted by Crippen LogP contribution is 2.34. The molecule has 0 saturated heterocycles. The topological polar surface area (TPSA) is 29.9 Å². The number of halogens is 1. The first kappa shape index (κ1) is 13.6. The van der Waals surface area contributed by atoms with E-state index in [0.29, 0.717) is 0 Å². The Morgan fingerprint density at radius 2 is 1.95 bits per heavy atom. The SMILES string of the molecule is Cc1cccc(-c2nn(-c3ccc(Br)cc3)c3c2CCN3)c1. The zero-order chi connectivity index (χ0) is 15.1. The average molecular weight is 354 g/mol. The Bertz CT molecular complexity index is 834. The minimum absolute atomic E-state index is 0.975. The van der Waals surface area contributed by atoms with Crippen LogP contribution in [0.15, 0.2) is 53.0 Å². The Morgan fingerprint density at radius 1 is 1.14 bits per heavy atom. The second-order valence-corrected chi connectivity index (χ2v) is 6.53. The Kier molecular flexibility index (Phi) is 3.26. The predicted molar refractivity (Wildman–Crippen MR) is 93.6 cm³/mol. The number of anilines is 1. The van der Waals surface area contributed by atoms with Gasteiger partial charge in [-0.05, 0) is 43.7 Å². The van der Waals surface area contributed by atoms with E-state index in [4.69, 9.17) is 5.10 Å². The molecule has 2 aromatic carbocycles. The van der Waals surface area contributed by atoms with E-state index < -0.39 is 0 Å². The molecule has 0 radical (unpaired) electrons. The van der Waals surface area contributed by atoms with Gasteiger partial charge in [0, 0.05) is 22.1 Å². The third-order valence-electron chi connectivity index (χ3n) is 4.01. The minimum Gasteiger partial charge on any atom is -0.369 e. The van der Waals surface area contributed by atoms with E-state index in [1.54, 1.807) is 0 Å². The monoisotopic (exact) mass is 353 g/mol. The number of rotatable bonds is 2. The highest BCUT2D eigenvalue weighted by atomic mass is 79.9. The lowest BCUT2D eigenvalue weighted by molar-refractivity contribution is 0.882. The van der Waals surface area contributed by atoms with Gasteiger partial charge in [0.05, 0.1) is 11.4 Å². The molecule has 4 rings (SSSR count). The number of aryl methyl sites for hydroxylation is 1. The van der Waals surface area contributed by atoms with Gasteiger partial charge in [-0.1, -0.05) is 39.7 Å². The summed E-state index contributed by atoms with van der Waals surface area (Å²) in [4.78, 5) is 0. The van der Waals surface area contributed by atoms with Crippen molar-refractivity contribution < 1.29 is 0 Å². The molecule has 0 atom stereocenters. The minimum atomic E-state index is 0.975. The van der Waals surface area contributed by atoms with Gasteiger partial charge in [0.15, 0.2) is 0 Å². The van der Waals surface area contributed by atoms with E-state index in [1.165, 1.54) is 16.7 Å². The van der Waals surface area contributed by atoms with E-state index in [-0.39, 0.29) is 0 Å². The Labute approximate surface area is 138 Å². The molecule has 0 spiro atoms. The van der Waals surface area contributed by atoms with Crippen LogP contribution >= 0.6 is 15.9 Å². The smallest absolute Gasteiger partial charge is 0.133 e.